The van der Waals surface area contributed by atoms with Crippen molar-refractivity contribution in [2.45, 2.75) is 20.3 Å². The molecule has 1 amide bonds. The van der Waals surface area contributed by atoms with Crippen LogP contribution in [0.25, 0.3) is 17.1 Å². The largest absolute Gasteiger partial charge is 0.342 e. The normalized spacial score (nSPS) is 17.1. The van der Waals surface area contributed by atoms with Gasteiger partial charge in [-0.2, -0.15) is 0 Å². The summed E-state index contributed by atoms with van der Waals surface area (Å²) >= 11 is 13.6. The van der Waals surface area contributed by atoms with Crippen molar-refractivity contribution in [3.8, 4) is 0 Å². The Morgan fingerprint density at radius 3 is 2.69 bits per heavy atom. The monoisotopic (exact) mass is 444 g/mol. The van der Waals surface area contributed by atoms with Crippen molar-refractivity contribution in [3.63, 3.8) is 0 Å². The number of H-pyrrole nitrogens is 1. The van der Waals surface area contributed by atoms with Gasteiger partial charge in [0, 0.05) is 6.42 Å². The first-order chi connectivity index (χ1) is 13.9. The van der Waals surface area contributed by atoms with Gasteiger partial charge in [0.15, 0.2) is 5.17 Å². The van der Waals surface area contributed by atoms with Crippen LogP contribution in [0.5, 0.6) is 0 Å². The molecule has 0 spiro atoms. The number of aliphatic imine (C=N–C) groups is 1. The number of hydrogen-bond donors (Lipinski definition) is 2. The molecule has 8 heteroatoms. The van der Waals surface area contributed by atoms with Crippen molar-refractivity contribution in [1.29, 1.82) is 0 Å². The molecule has 1 aliphatic heterocycles. The standard InChI is InChI=1S/C21H18Cl2N4OS/c1-11(2)8-18-24-15-7-6-12(9-16(15)25-18)10-17-20(28)27-21(29-17)26-19-13(22)4-3-5-14(19)23/h3-7,9-11H,8H2,1-2H3,(H,24,25)(H,26,27,28)/b17-10-. The van der Waals surface area contributed by atoms with Crippen LogP contribution >= 0.6 is 35.0 Å². The van der Waals surface area contributed by atoms with Crippen molar-refractivity contribution in [1.82, 2.24) is 15.3 Å². The van der Waals surface area contributed by atoms with Gasteiger partial charge in [-0.1, -0.05) is 49.2 Å². The van der Waals surface area contributed by atoms with Crippen molar-refractivity contribution >= 4 is 68.8 Å². The Morgan fingerprint density at radius 2 is 1.97 bits per heavy atom. The first-order valence-electron chi connectivity index (χ1n) is 9.11. The molecule has 5 nitrogen and oxygen atoms in total. The number of carbonyl (C=O) groups is 1. The molecule has 0 bridgehead atoms. The van der Waals surface area contributed by atoms with Crippen LogP contribution in [-0.2, 0) is 11.2 Å². The zero-order valence-corrected chi connectivity index (χ0v) is 18.1. The number of nitrogens with zero attached hydrogens (tertiary/aromatic N) is 2. The minimum atomic E-state index is -0.206. The van der Waals surface area contributed by atoms with Crippen LogP contribution in [0.2, 0.25) is 10.0 Å². The van der Waals surface area contributed by atoms with Gasteiger partial charge in [0.25, 0.3) is 5.91 Å². The number of aromatic nitrogens is 2. The van der Waals surface area contributed by atoms with Gasteiger partial charge in [-0.3, -0.25) is 4.79 Å². The summed E-state index contributed by atoms with van der Waals surface area (Å²) in [6.07, 6.45) is 2.73. The number of rotatable bonds is 4. The number of fused-ring (bicyclic) bond motifs is 1. The quantitative estimate of drug-likeness (QED) is 0.487. The third-order valence-electron chi connectivity index (χ3n) is 4.26. The summed E-state index contributed by atoms with van der Waals surface area (Å²) in [4.78, 5) is 25.3. The fourth-order valence-electron chi connectivity index (χ4n) is 2.98. The molecule has 0 saturated carbocycles. The van der Waals surface area contributed by atoms with E-state index in [9.17, 15) is 4.79 Å². The zero-order chi connectivity index (χ0) is 20.5. The molecule has 2 N–H and O–H groups in total. The number of imidazole rings is 1. The Hall–Kier alpha value is -2.28. The Bertz CT molecular complexity index is 1150. The maximum absolute atomic E-state index is 12.4. The van der Waals surface area contributed by atoms with Crippen LogP contribution in [0.15, 0.2) is 46.3 Å². The maximum Gasteiger partial charge on any atom is 0.264 e. The van der Waals surface area contributed by atoms with Gasteiger partial charge in [0.05, 0.1) is 26.0 Å². The van der Waals surface area contributed by atoms with E-state index in [1.54, 1.807) is 18.2 Å². The molecule has 0 atom stereocenters. The number of benzene rings is 2. The molecule has 0 aliphatic carbocycles. The molecular formula is C21H18Cl2N4OS. The second-order valence-electron chi connectivity index (χ2n) is 7.11. The lowest BCUT2D eigenvalue weighted by Crippen LogP contribution is -2.19. The van der Waals surface area contributed by atoms with E-state index >= 15 is 0 Å². The third-order valence-corrected chi connectivity index (χ3v) is 5.78. The molecule has 2 heterocycles. The van der Waals surface area contributed by atoms with E-state index in [-0.39, 0.29) is 5.91 Å². The molecule has 4 rings (SSSR count). The lowest BCUT2D eigenvalue weighted by molar-refractivity contribution is -0.115. The van der Waals surface area contributed by atoms with E-state index in [1.807, 2.05) is 24.3 Å². The van der Waals surface area contributed by atoms with Gasteiger partial charge in [-0.05, 0) is 53.6 Å². The molecule has 29 heavy (non-hydrogen) atoms. The Morgan fingerprint density at radius 1 is 1.21 bits per heavy atom. The topological polar surface area (TPSA) is 70.1 Å². The number of hydrogen-bond acceptors (Lipinski definition) is 4. The molecule has 1 saturated heterocycles. The molecule has 2 aromatic carbocycles. The van der Waals surface area contributed by atoms with Crippen LogP contribution < -0.4 is 5.32 Å². The van der Waals surface area contributed by atoms with E-state index < -0.39 is 0 Å². The van der Waals surface area contributed by atoms with Gasteiger partial charge in [-0.15, -0.1) is 0 Å². The van der Waals surface area contributed by atoms with Crippen LogP contribution in [0.4, 0.5) is 5.69 Å². The molecule has 0 unspecified atom stereocenters. The number of amides is 1. The van der Waals surface area contributed by atoms with Gasteiger partial charge in [0.1, 0.15) is 11.5 Å². The summed E-state index contributed by atoms with van der Waals surface area (Å²) in [6.45, 7) is 4.32. The zero-order valence-electron chi connectivity index (χ0n) is 15.8. The maximum atomic E-state index is 12.4. The third kappa shape index (κ3) is 4.50. The van der Waals surface area contributed by atoms with E-state index in [0.717, 1.165) is 28.8 Å². The van der Waals surface area contributed by atoms with E-state index in [1.165, 1.54) is 11.8 Å². The summed E-state index contributed by atoms with van der Waals surface area (Å²) in [5, 5.41) is 4.06. The molecule has 1 aromatic heterocycles. The highest BCUT2D eigenvalue weighted by Crippen LogP contribution is 2.35. The average Bonchev–Trinajstić information content (AvgIpc) is 3.20. The first-order valence-corrected chi connectivity index (χ1v) is 10.7. The minimum absolute atomic E-state index is 0.206. The van der Waals surface area contributed by atoms with Crippen molar-refractivity contribution in [3.05, 3.63) is 62.7 Å². The van der Waals surface area contributed by atoms with Crippen molar-refractivity contribution < 1.29 is 4.79 Å². The molecular weight excluding hydrogens is 427 g/mol. The smallest absolute Gasteiger partial charge is 0.264 e. The molecule has 1 fully saturated rings. The van der Waals surface area contributed by atoms with E-state index in [0.29, 0.717) is 31.7 Å². The predicted octanol–water partition coefficient (Wildman–Crippen LogP) is 5.96. The van der Waals surface area contributed by atoms with E-state index in [4.69, 9.17) is 23.2 Å². The number of halogens is 2. The second-order valence-corrected chi connectivity index (χ2v) is 8.96. The number of aromatic amines is 1. The number of nitrogens with one attached hydrogen (secondary N) is 2. The van der Waals surface area contributed by atoms with Gasteiger partial charge in [0.2, 0.25) is 0 Å². The average molecular weight is 445 g/mol. The molecule has 3 aromatic rings. The molecule has 0 radical (unpaired) electrons. The van der Waals surface area contributed by atoms with Crippen LogP contribution in [-0.4, -0.2) is 21.0 Å². The van der Waals surface area contributed by atoms with Crippen molar-refractivity contribution in [2.24, 2.45) is 10.9 Å². The number of carbonyl (C=O) groups excluding carboxylic acids is 1. The van der Waals surface area contributed by atoms with Crippen molar-refractivity contribution in [2.75, 3.05) is 0 Å². The Balaban J connectivity index is 1.60. The van der Waals surface area contributed by atoms with Crippen LogP contribution in [0.3, 0.4) is 0 Å². The summed E-state index contributed by atoms with van der Waals surface area (Å²) < 4.78 is 0. The highest BCUT2D eigenvalue weighted by atomic mass is 35.5. The SMILES string of the molecule is CC(C)Cc1nc2ccc(/C=C3\S/C(=N\c4c(Cl)cccc4Cl)NC3=O)cc2[nH]1. The minimum Gasteiger partial charge on any atom is -0.342 e. The number of para-hydroxylation sites is 1. The number of amidine groups is 1. The summed E-state index contributed by atoms with van der Waals surface area (Å²) in [7, 11) is 0. The Kier molecular flexibility index (Phi) is 5.67. The fourth-order valence-corrected chi connectivity index (χ4v) is 4.29. The predicted molar refractivity (Wildman–Crippen MR) is 122 cm³/mol. The summed E-state index contributed by atoms with van der Waals surface area (Å²) in [5.74, 6) is 1.29. The Labute approximate surface area is 182 Å². The van der Waals surface area contributed by atoms with Gasteiger partial charge < -0.3 is 10.3 Å². The summed E-state index contributed by atoms with van der Waals surface area (Å²) in [5.41, 5.74) is 3.22. The van der Waals surface area contributed by atoms with Crippen LogP contribution in [0.1, 0.15) is 25.2 Å². The first kappa shape index (κ1) is 20.0. The number of thioether (sulfide) groups is 1. The summed E-state index contributed by atoms with van der Waals surface area (Å²) in [6, 6.07) is 11.1. The molecule has 148 valence electrons. The molecule has 1 aliphatic rings. The van der Waals surface area contributed by atoms with E-state index in [2.05, 4.69) is 34.1 Å². The van der Waals surface area contributed by atoms with Gasteiger partial charge in [-0.25, -0.2) is 9.98 Å². The fraction of sp³-hybridized carbons (Fsp3) is 0.190. The van der Waals surface area contributed by atoms with Crippen LogP contribution in [0, 0.1) is 5.92 Å². The highest BCUT2D eigenvalue weighted by molar-refractivity contribution is 8.18. The van der Waals surface area contributed by atoms with Gasteiger partial charge >= 0.3 is 0 Å². The highest BCUT2D eigenvalue weighted by Gasteiger charge is 2.24. The second kappa shape index (κ2) is 8.22. The lowest BCUT2D eigenvalue weighted by atomic mass is 10.1. The lowest BCUT2D eigenvalue weighted by Gasteiger charge is -2.01.